The summed E-state index contributed by atoms with van der Waals surface area (Å²) in [7, 11) is 3.01. The Morgan fingerprint density at radius 3 is 2.52 bits per heavy atom. The molecule has 0 saturated carbocycles. The van der Waals surface area contributed by atoms with Gasteiger partial charge >= 0.3 is 0 Å². The molecular formula is C21H24N6O4. The number of aromatic nitrogens is 3. The van der Waals surface area contributed by atoms with Crippen LogP contribution in [0.3, 0.4) is 0 Å². The number of nitrogen functional groups attached to an aromatic ring is 1. The molecular weight excluding hydrogens is 400 g/mol. The van der Waals surface area contributed by atoms with Crippen molar-refractivity contribution in [3.8, 4) is 11.5 Å². The van der Waals surface area contributed by atoms with Gasteiger partial charge in [-0.3, -0.25) is 9.59 Å². The minimum absolute atomic E-state index is 0.0268. The van der Waals surface area contributed by atoms with E-state index in [9.17, 15) is 9.59 Å². The molecule has 1 heterocycles. The van der Waals surface area contributed by atoms with Crippen molar-refractivity contribution in [3.63, 3.8) is 0 Å². The van der Waals surface area contributed by atoms with Gasteiger partial charge in [0.1, 0.15) is 18.0 Å². The zero-order chi connectivity index (χ0) is 22.5. The summed E-state index contributed by atoms with van der Waals surface area (Å²) in [6.07, 6.45) is 0. The highest BCUT2D eigenvalue weighted by molar-refractivity contribution is 6.06. The van der Waals surface area contributed by atoms with Gasteiger partial charge in [0.05, 0.1) is 19.9 Å². The standard InChI is InChI=1S/C21H24N6O4/c1-12-5-6-13(2)16(9-12)23-18(28)11-27-20(22)19(25-26-27)21(29)24-15-8-7-14(30-3)10-17(15)31-4/h5-10H,11,22H2,1-4H3,(H,23,28)(H,24,29). The molecule has 4 N–H and O–H groups in total. The van der Waals surface area contributed by atoms with Crippen LogP contribution in [0.25, 0.3) is 0 Å². The number of anilines is 3. The SMILES string of the molecule is COc1ccc(NC(=O)c2nnn(CC(=O)Nc3cc(C)ccc3C)c2N)c(OC)c1. The van der Waals surface area contributed by atoms with Crippen molar-refractivity contribution < 1.29 is 19.1 Å². The second-order valence-electron chi connectivity index (χ2n) is 6.87. The third-order valence-corrected chi connectivity index (χ3v) is 4.61. The molecule has 0 atom stereocenters. The van der Waals surface area contributed by atoms with E-state index in [0.29, 0.717) is 22.9 Å². The zero-order valence-corrected chi connectivity index (χ0v) is 17.7. The zero-order valence-electron chi connectivity index (χ0n) is 17.7. The van der Waals surface area contributed by atoms with Gasteiger partial charge in [-0.1, -0.05) is 17.3 Å². The third-order valence-electron chi connectivity index (χ3n) is 4.61. The summed E-state index contributed by atoms with van der Waals surface area (Å²) >= 11 is 0. The summed E-state index contributed by atoms with van der Waals surface area (Å²) in [5.74, 6) is 0.0408. The van der Waals surface area contributed by atoms with Crippen LogP contribution in [0.1, 0.15) is 21.6 Å². The maximum absolute atomic E-state index is 12.6. The number of nitrogens with two attached hydrogens (primary N) is 1. The quantitative estimate of drug-likeness (QED) is 0.530. The van der Waals surface area contributed by atoms with E-state index >= 15 is 0 Å². The van der Waals surface area contributed by atoms with Crippen molar-refractivity contribution >= 4 is 29.0 Å². The van der Waals surface area contributed by atoms with E-state index in [1.54, 1.807) is 18.2 Å². The summed E-state index contributed by atoms with van der Waals surface area (Å²) < 4.78 is 11.6. The number of amides is 2. The van der Waals surface area contributed by atoms with Crippen molar-refractivity contribution in [3.05, 3.63) is 53.2 Å². The van der Waals surface area contributed by atoms with Crippen molar-refractivity contribution in [2.75, 3.05) is 30.6 Å². The highest BCUT2D eigenvalue weighted by Crippen LogP contribution is 2.29. The molecule has 0 saturated heterocycles. The Hall–Kier alpha value is -4.08. The van der Waals surface area contributed by atoms with Crippen LogP contribution in [-0.4, -0.2) is 41.0 Å². The number of nitrogens with zero attached hydrogens (tertiary/aromatic N) is 3. The Labute approximate surface area is 179 Å². The lowest BCUT2D eigenvalue weighted by molar-refractivity contribution is -0.116. The second kappa shape index (κ2) is 9.16. The minimum Gasteiger partial charge on any atom is -0.497 e. The fourth-order valence-electron chi connectivity index (χ4n) is 2.88. The van der Waals surface area contributed by atoms with Crippen LogP contribution >= 0.6 is 0 Å². The van der Waals surface area contributed by atoms with Crippen molar-refractivity contribution in [2.45, 2.75) is 20.4 Å². The van der Waals surface area contributed by atoms with Gasteiger partial charge in [-0.05, 0) is 43.2 Å². The molecule has 31 heavy (non-hydrogen) atoms. The van der Waals surface area contributed by atoms with Gasteiger partial charge in [-0.15, -0.1) is 5.10 Å². The average molecular weight is 424 g/mol. The molecule has 0 spiro atoms. The van der Waals surface area contributed by atoms with Gasteiger partial charge in [0.2, 0.25) is 5.91 Å². The largest absolute Gasteiger partial charge is 0.497 e. The molecule has 0 aliphatic rings. The Kier molecular flexibility index (Phi) is 6.39. The van der Waals surface area contributed by atoms with E-state index in [1.165, 1.54) is 18.9 Å². The lowest BCUT2D eigenvalue weighted by Gasteiger charge is -2.11. The maximum atomic E-state index is 12.6. The van der Waals surface area contributed by atoms with Crippen LogP contribution in [-0.2, 0) is 11.3 Å². The normalized spacial score (nSPS) is 10.5. The number of ether oxygens (including phenoxy) is 2. The lowest BCUT2D eigenvalue weighted by atomic mass is 10.1. The summed E-state index contributed by atoms with van der Waals surface area (Å²) in [6, 6.07) is 10.7. The average Bonchev–Trinajstić information content (AvgIpc) is 3.11. The number of carbonyl (C=O) groups is 2. The van der Waals surface area contributed by atoms with E-state index in [4.69, 9.17) is 15.2 Å². The first-order valence-corrected chi connectivity index (χ1v) is 9.41. The molecule has 0 aliphatic heterocycles. The maximum Gasteiger partial charge on any atom is 0.280 e. The monoisotopic (exact) mass is 424 g/mol. The molecule has 162 valence electrons. The predicted octanol–water partition coefficient (Wildman–Crippen LogP) is 2.39. The Morgan fingerprint density at radius 2 is 1.81 bits per heavy atom. The van der Waals surface area contributed by atoms with Gasteiger partial charge in [-0.2, -0.15) is 0 Å². The van der Waals surface area contributed by atoms with Gasteiger partial charge < -0.3 is 25.8 Å². The molecule has 2 amide bonds. The first kappa shape index (κ1) is 21.6. The topological polar surface area (TPSA) is 133 Å². The number of methoxy groups -OCH3 is 2. The number of hydrogen-bond donors (Lipinski definition) is 3. The van der Waals surface area contributed by atoms with Crippen molar-refractivity contribution in [1.29, 1.82) is 0 Å². The van der Waals surface area contributed by atoms with Gasteiger partial charge in [0.25, 0.3) is 5.91 Å². The van der Waals surface area contributed by atoms with Gasteiger partial charge in [0.15, 0.2) is 11.5 Å². The molecule has 0 radical (unpaired) electrons. The van der Waals surface area contributed by atoms with Crippen LogP contribution in [0.15, 0.2) is 36.4 Å². The highest BCUT2D eigenvalue weighted by Gasteiger charge is 2.20. The number of hydrogen-bond acceptors (Lipinski definition) is 7. The fraction of sp³-hybridized carbons (Fsp3) is 0.238. The number of nitrogens with one attached hydrogen (secondary N) is 2. The predicted molar refractivity (Wildman–Crippen MR) is 116 cm³/mol. The molecule has 0 fully saturated rings. The summed E-state index contributed by atoms with van der Waals surface area (Å²) in [4.78, 5) is 25.1. The molecule has 0 aliphatic carbocycles. The lowest BCUT2D eigenvalue weighted by Crippen LogP contribution is -2.22. The third kappa shape index (κ3) is 4.92. The van der Waals surface area contributed by atoms with Crippen molar-refractivity contribution in [1.82, 2.24) is 15.0 Å². The highest BCUT2D eigenvalue weighted by atomic mass is 16.5. The summed E-state index contributed by atoms with van der Waals surface area (Å²) in [6.45, 7) is 3.65. The van der Waals surface area contributed by atoms with E-state index in [1.807, 2.05) is 32.0 Å². The molecule has 10 heteroatoms. The van der Waals surface area contributed by atoms with Crippen LogP contribution in [0.5, 0.6) is 11.5 Å². The smallest absolute Gasteiger partial charge is 0.280 e. The second-order valence-corrected chi connectivity index (χ2v) is 6.87. The van der Waals surface area contributed by atoms with E-state index in [-0.39, 0.29) is 24.0 Å². The van der Waals surface area contributed by atoms with Crippen molar-refractivity contribution in [2.24, 2.45) is 0 Å². The minimum atomic E-state index is -0.581. The van der Waals surface area contributed by atoms with Crippen LogP contribution < -0.4 is 25.8 Å². The van der Waals surface area contributed by atoms with Crippen LogP contribution in [0, 0.1) is 13.8 Å². The Balaban J connectivity index is 1.71. The van der Waals surface area contributed by atoms with E-state index in [2.05, 4.69) is 20.9 Å². The fourth-order valence-corrected chi connectivity index (χ4v) is 2.88. The number of aryl methyl sites for hydroxylation is 2. The van der Waals surface area contributed by atoms with Gasteiger partial charge in [0, 0.05) is 11.8 Å². The van der Waals surface area contributed by atoms with Crippen LogP contribution in [0.2, 0.25) is 0 Å². The first-order chi connectivity index (χ1) is 14.8. The molecule has 3 aromatic rings. The Morgan fingerprint density at radius 1 is 1.03 bits per heavy atom. The van der Waals surface area contributed by atoms with Crippen LogP contribution in [0.4, 0.5) is 17.2 Å². The van der Waals surface area contributed by atoms with E-state index in [0.717, 1.165) is 11.1 Å². The number of carbonyl (C=O) groups excluding carboxylic acids is 2. The molecule has 0 unspecified atom stereocenters. The Bertz CT molecular complexity index is 1130. The molecule has 10 nitrogen and oxygen atoms in total. The first-order valence-electron chi connectivity index (χ1n) is 9.41. The van der Waals surface area contributed by atoms with E-state index < -0.39 is 5.91 Å². The summed E-state index contributed by atoms with van der Waals surface area (Å²) in [5, 5.41) is 13.2. The number of rotatable bonds is 7. The molecule has 3 rings (SSSR count). The summed E-state index contributed by atoms with van der Waals surface area (Å²) in [5.41, 5.74) is 8.98. The van der Waals surface area contributed by atoms with Gasteiger partial charge in [-0.25, -0.2) is 4.68 Å². The number of benzene rings is 2. The molecule has 2 aromatic carbocycles. The molecule has 0 bridgehead atoms. The molecule has 1 aromatic heterocycles.